The van der Waals surface area contributed by atoms with Gasteiger partial charge in [-0.05, 0) is 35.8 Å². The lowest BCUT2D eigenvalue weighted by Gasteiger charge is -2.27. The van der Waals surface area contributed by atoms with Crippen molar-refractivity contribution in [1.29, 1.82) is 0 Å². The molecule has 0 radical (unpaired) electrons. The summed E-state index contributed by atoms with van der Waals surface area (Å²) in [6.45, 7) is 1.54. The zero-order valence-corrected chi connectivity index (χ0v) is 11.4. The summed E-state index contributed by atoms with van der Waals surface area (Å²) < 4.78 is 19.2. The molecule has 1 aliphatic rings. The molecule has 1 atom stereocenters. The molecule has 2 aromatic carbocycles. The molecule has 3 heteroatoms. The molecular formula is C16H16ClFO. The Morgan fingerprint density at radius 3 is 2.47 bits per heavy atom. The first-order valence-electron chi connectivity index (χ1n) is 6.66. The maximum Gasteiger partial charge on any atom is 0.131 e. The first kappa shape index (κ1) is 12.9. The monoisotopic (exact) mass is 278 g/mol. The van der Waals surface area contributed by atoms with E-state index in [1.807, 2.05) is 30.3 Å². The molecule has 1 nitrogen and oxygen atoms in total. The van der Waals surface area contributed by atoms with Crippen LogP contribution in [0.2, 0.25) is 0 Å². The number of alkyl halides is 1. The van der Waals surface area contributed by atoms with Gasteiger partial charge in [0.1, 0.15) is 5.82 Å². The van der Waals surface area contributed by atoms with Crippen molar-refractivity contribution in [2.75, 3.05) is 13.2 Å². The molecule has 0 spiro atoms. The van der Waals surface area contributed by atoms with Crippen molar-refractivity contribution in [3.05, 3.63) is 47.8 Å². The van der Waals surface area contributed by atoms with E-state index in [0.29, 0.717) is 11.3 Å². The highest BCUT2D eigenvalue weighted by Gasteiger charge is 2.25. The Balaban J connectivity index is 2.02. The van der Waals surface area contributed by atoms with Crippen LogP contribution in [-0.2, 0) is 4.74 Å². The fraction of sp³-hybridized carbons (Fsp3) is 0.375. The number of ether oxygens (including phenoxy) is 1. The van der Waals surface area contributed by atoms with Gasteiger partial charge in [0.2, 0.25) is 0 Å². The number of halogens is 2. The average molecular weight is 279 g/mol. The second-order valence-electron chi connectivity index (χ2n) is 5.03. The number of benzene rings is 2. The van der Waals surface area contributed by atoms with Crippen molar-refractivity contribution in [2.24, 2.45) is 5.92 Å². The Labute approximate surface area is 117 Å². The lowest BCUT2D eigenvalue weighted by atomic mass is 9.89. The van der Waals surface area contributed by atoms with Crippen LogP contribution in [0.1, 0.15) is 23.8 Å². The Morgan fingerprint density at radius 2 is 1.74 bits per heavy atom. The lowest BCUT2D eigenvalue weighted by Crippen LogP contribution is -2.19. The molecule has 1 saturated heterocycles. The van der Waals surface area contributed by atoms with Crippen molar-refractivity contribution in [1.82, 2.24) is 0 Å². The summed E-state index contributed by atoms with van der Waals surface area (Å²) in [5.41, 5.74) is 1.03. The van der Waals surface area contributed by atoms with Crippen molar-refractivity contribution in [3.63, 3.8) is 0 Å². The van der Waals surface area contributed by atoms with E-state index in [-0.39, 0.29) is 11.2 Å². The summed E-state index contributed by atoms with van der Waals surface area (Å²) >= 11 is 6.64. The van der Waals surface area contributed by atoms with E-state index in [9.17, 15) is 4.39 Å². The van der Waals surface area contributed by atoms with Crippen LogP contribution in [0.15, 0.2) is 36.4 Å². The van der Waals surface area contributed by atoms with E-state index >= 15 is 0 Å². The predicted octanol–water partition coefficient (Wildman–Crippen LogP) is 4.69. The second kappa shape index (κ2) is 5.48. The fourth-order valence-electron chi connectivity index (χ4n) is 2.79. The van der Waals surface area contributed by atoms with Crippen molar-refractivity contribution in [2.45, 2.75) is 18.2 Å². The van der Waals surface area contributed by atoms with E-state index in [1.54, 1.807) is 0 Å². The first-order valence-corrected chi connectivity index (χ1v) is 7.10. The quantitative estimate of drug-likeness (QED) is 0.725. The standard InChI is InChI=1S/C16H16ClFO/c17-16(11-7-9-19-10-8-11)14-5-6-15(18)13-4-2-1-3-12(13)14/h1-6,11,16H,7-10H2. The van der Waals surface area contributed by atoms with Crippen LogP contribution < -0.4 is 0 Å². The van der Waals surface area contributed by atoms with Crippen LogP contribution >= 0.6 is 11.6 Å². The molecule has 0 amide bonds. The second-order valence-corrected chi connectivity index (χ2v) is 5.50. The molecule has 0 aromatic heterocycles. The summed E-state index contributed by atoms with van der Waals surface area (Å²) in [7, 11) is 0. The van der Waals surface area contributed by atoms with Gasteiger partial charge in [-0.25, -0.2) is 4.39 Å². The third-order valence-corrected chi connectivity index (χ3v) is 4.47. The molecular weight excluding hydrogens is 263 g/mol. The van der Waals surface area contributed by atoms with Gasteiger partial charge in [0.25, 0.3) is 0 Å². The molecule has 3 rings (SSSR count). The van der Waals surface area contributed by atoms with E-state index in [4.69, 9.17) is 16.3 Å². The Bertz CT molecular complexity index is 578. The molecule has 100 valence electrons. The Hall–Kier alpha value is -1.12. The van der Waals surface area contributed by atoms with Gasteiger partial charge >= 0.3 is 0 Å². The van der Waals surface area contributed by atoms with Crippen LogP contribution in [0.3, 0.4) is 0 Å². The van der Waals surface area contributed by atoms with Gasteiger partial charge in [0, 0.05) is 18.6 Å². The average Bonchev–Trinajstić information content (AvgIpc) is 2.48. The van der Waals surface area contributed by atoms with E-state index < -0.39 is 0 Å². The molecule has 1 heterocycles. The molecule has 19 heavy (non-hydrogen) atoms. The number of fused-ring (bicyclic) bond motifs is 1. The third-order valence-electron chi connectivity index (χ3n) is 3.88. The number of hydrogen-bond donors (Lipinski definition) is 0. The minimum Gasteiger partial charge on any atom is -0.381 e. The lowest BCUT2D eigenvalue weighted by molar-refractivity contribution is 0.0651. The van der Waals surface area contributed by atoms with Crippen LogP contribution in [0, 0.1) is 11.7 Å². The Morgan fingerprint density at radius 1 is 1.05 bits per heavy atom. The zero-order chi connectivity index (χ0) is 13.2. The van der Waals surface area contributed by atoms with E-state index in [1.165, 1.54) is 6.07 Å². The molecule has 1 aliphatic heterocycles. The normalized spacial score (nSPS) is 18.6. The SMILES string of the molecule is Fc1ccc(C(Cl)C2CCOCC2)c2ccccc12. The molecule has 1 fully saturated rings. The molecule has 0 bridgehead atoms. The van der Waals surface area contributed by atoms with Gasteiger partial charge in [-0.2, -0.15) is 0 Å². The van der Waals surface area contributed by atoms with Crippen molar-refractivity contribution in [3.8, 4) is 0 Å². The highest BCUT2D eigenvalue weighted by molar-refractivity contribution is 6.22. The molecule has 0 saturated carbocycles. The minimum atomic E-state index is -0.185. The van der Waals surface area contributed by atoms with Crippen LogP contribution in [-0.4, -0.2) is 13.2 Å². The maximum absolute atomic E-state index is 13.8. The largest absolute Gasteiger partial charge is 0.381 e. The van der Waals surface area contributed by atoms with Gasteiger partial charge in [0.15, 0.2) is 0 Å². The van der Waals surface area contributed by atoms with Crippen molar-refractivity contribution >= 4 is 22.4 Å². The Kier molecular flexibility index (Phi) is 3.72. The number of rotatable bonds is 2. The van der Waals surface area contributed by atoms with E-state index in [0.717, 1.165) is 37.0 Å². The van der Waals surface area contributed by atoms with Gasteiger partial charge in [0.05, 0.1) is 5.38 Å². The molecule has 0 aliphatic carbocycles. The topological polar surface area (TPSA) is 9.23 Å². The molecule has 2 aromatic rings. The van der Waals surface area contributed by atoms with Crippen molar-refractivity contribution < 1.29 is 9.13 Å². The predicted molar refractivity (Wildman–Crippen MR) is 76.0 cm³/mol. The smallest absolute Gasteiger partial charge is 0.131 e. The first-order chi connectivity index (χ1) is 9.27. The summed E-state index contributed by atoms with van der Waals surface area (Å²) in [6, 6.07) is 10.9. The van der Waals surface area contributed by atoms with Crippen LogP contribution in [0.4, 0.5) is 4.39 Å². The van der Waals surface area contributed by atoms with Gasteiger partial charge in [-0.3, -0.25) is 0 Å². The summed E-state index contributed by atoms with van der Waals surface area (Å²) in [5, 5.41) is 1.50. The van der Waals surface area contributed by atoms with Gasteiger partial charge in [-0.15, -0.1) is 11.6 Å². The minimum absolute atomic E-state index is 0.0746. The fourth-order valence-corrected chi connectivity index (χ4v) is 3.23. The van der Waals surface area contributed by atoms with Crippen LogP contribution in [0.25, 0.3) is 10.8 Å². The third kappa shape index (κ3) is 2.47. The maximum atomic E-state index is 13.8. The zero-order valence-electron chi connectivity index (χ0n) is 10.6. The molecule has 0 N–H and O–H groups in total. The van der Waals surface area contributed by atoms with Crippen LogP contribution in [0.5, 0.6) is 0 Å². The highest BCUT2D eigenvalue weighted by Crippen LogP contribution is 2.39. The molecule has 1 unspecified atom stereocenters. The summed E-state index contributed by atoms with van der Waals surface area (Å²) in [5.74, 6) is 0.222. The highest BCUT2D eigenvalue weighted by atomic mass is 35.5. The van der Waals surface area contributed by atoms with E-state index in [2.05, 4.69) is 0 Å². The summed E-state index contributed by atoms with van der Waals surface area (Å²) in [4.78, 5) is 0. The van der Waals surface area contributed by atoms with Gasteiger partial charge < -0.3 is 4.74 Å². The summed E-state index contributed by atoms with van der Waals surface area (Å²) in [6.07, 6.45) is 1.94. The number of hydrogen-bond acceptors (Lipinski definition) is 1. The van der Waals surface area contributed by atoms with Gasteiger partial charge in [-0.1, -0.05) is 30.3 Å².